The molecule has 0 saturated carbocycles. The smallest absolute Gasteiger partial charge is 0.132 e. The van der Waals surface area contributed by atoms with E-state index < -0.39 is 0 Å². The number of carbonyl (C=O) groups excluding carboxylic acids is 1. The molecule has 130 valence electrons. The maximum atomic E-state index is 11.3. The molecule has 0 fully saturated rings. The number of aryl methyl sites for hydroxylation is 1. The van der Waals surface area contributed by atoms with Crippen LogP contribution in [0.2, 0.25) is 0 Å². The fraction of sp³-hybridized carbons (Fsp3) is 0.381. The normalized spacial score (nSPS) is 11.1. The van der Waals surface area contributed by atoms with Crippen molar-refractivity contribution in [3.05, 3.63) is 48.7 Å². The molecule has 0 spiro atoms. The lowest BCUT2D eigenvalue weighted by Gasteiger charge is -2.02. The molecule has 4 nitrogen and oxygen atoms in total. The SMILES string of the molecule is CCC(=O)CCCCCCc1ncc(-c2ccc3ccncc3c2)[nH]1. The molecule has 1 aromatic carbocycles. The van der Waals surface area contributed by atoms with Gasteiger partial charge in [0, 0.05) is 42.6 Å². The fourth-order valence-electron chi connectivity index (χ4n) is 3.03. The van der Waals surface area contributed by atoms with Crippen LogP contribution in [0.3, 0.4) is 0 Å². The third kappa shape index (κ3) is 4.75. The molecule has 0 aliphatic rings. The largest absolute Gasteiger partial charge is 0.342 e. The Balaban J connectivity index is 1.51. The summed E-state index contributed by atoms with van der Waals surface area (Å²) < 4.78 is 0. The van der Waals surface area contributed by atoms with E-state index in [-0.39, 0.29) is 0 Å². The summed E-state index contributed by atoms with van der Waals surface area (Å²) in [7, 11) is 0. The average Bonchev–Trinajstić information content (AvgIpc) is 3.12. The molecular formula is C21H25N3O. The summed E-state index contributed by atoms with van der Waals surface area (Å²) in [4.78, 5) is 23.4. The Kier molecular flexibility index (Phi) is 5.94. The quantitative estimate of drug-likeness (QED) is 0.554. The zero-order chi connectivity index (χ0) is 17.5. The van der Waals surface area contributed by atoms with Crippen molar-refractivity contribution in [1.29, 1.82) is 0 Å². The number of hydrogen-bond donors (Lipinski definition) is 1. The molecule has 0 aliphatic heterocycles. The van der Waals surface area contributed by atoms with Crippen molar-refractivity contribution in [1.82, 2.24) is 15.0 Å². The van der Waals surface area contributed by atoms with E-state index >= 15 is 0 Å². The topological polar surface area (TPSA) is 58.6 Å². The molecule has 1 N–H and O–H groups in total. The summed E-state index contributed by atoms with van der Waals surface area (Å²) >= 11 is 0. The van der Waals surface area contributed by atoms with Crippen molar-refractivity contribution in [3.63, 3.8) is 0 Å². The molecule has 25 heavy (non-hydrogen) atoms. The lowest BCUT2D eigenvalue weighted by Crippen LogP contribution is -1.94. The Morgan fingerprint density at radius 1 is 1.04 bits per heavy atom. The van der Waals surface area contributed by atoms with Gasteiger partial charge < -0.3 is 4.98 Å². The van der Waals surface area contributed by atoms with E-state index in [1.807, 2.05) is 31.6 Å². The minimum Gasteiger partial charge on any atom is -0.342 e. The number of Topliss-reactive ketones (excluding diaryl/α,β-unsaturated/α-hetero) is 1. The van der Waals surface area contributed by atoms with Crippen LogP contribution in [0, 0.1) is 0 Å². The number of aromatic nitrogens is 3. The molecular weight excluding hydrogens is 310 g/mol. The van der Waals surface area contributed by atoms with E-state index in [1.54, 1.807) is 0 Å². The van der Waals surface area contributed by atoms with Gasteiger partial charge in [0.2, 0.25) is 0 Å². The van der Waals surface area contributed by atoms with Crippen LogP contribution in [0.15, 0.2) is 42.9 Å². The second-order valence-corrected chi connectivity index (χ2v) is 6.49. The predicted octanol–water partition coefficient (Wildman–Crippen LogP) is 5.10. The maximum absolute atomic E-state index is 11.3. The number of nitrogens with zero attached hydrogens (tertiary/aromatic N) is 2. The highest BCUT2D eigenvalue weighted by Crippen LogP contribution is 2.23. The van der Waals surface area contributed by atoms with Gasteiger partial charge in [-0.3, -0.25) is 9.78 Å². The molecule has 0 aliphatic carbocycles. The molecule has 4 heteroatoms. The molecule has 3 rings (SSSR count). The van der Waals surface area contributed by atoms with Gasteiger partial charge in [0.25, 0.3) is 0 Å². The second kappa shape index (κ2) is 8.56. The van der Waals surface area contributed by atoms with Gasteiger partial charge >= 0.3 is 0 Å². The van der Waals surface area contributed by atoms with Crippen LogP contribution in [0.4, 0.5) is 0 Å². The summed E-state index contributed by atoms with van der Waals surface area (Å²) in [5, 5.41) is 2.33. The number of rotatable bonds is 9. The molecule has 3 aromatic rings. The number of H-pyrrole nitrogens is 1. The van der Waals surface area contributed by atoms with Gasteiger partial charge in [-0.15, -0.1) is 0 Å². The Hall–Kier alpha value is -2.49. The first-order valence-corrected chi connectivity index (χ1v) is 9.16. The number of ketones is 1. The minimum absolute atomic E-state index is 0.376. The molecule has 0 bridgehead atoms. The first-order chi connectivity index (χ1) is 12.3. The summed E-state index contributed by atoms with van der Waals surface area (Å²) in [5.74, 6) is 1.41. The average molecular weight is 335 g/mol. The third-order valence-corrected chi connectivity index (χ3v) is 4.59. The van der Waals surface area contributed by atoms with Gasteiger partial charge in [-0.1, -0.05) is 31.9 Å². The standard InChI is InChI=1S/C21H25N3O/c1-2-19(25)7-5-3-4-6-8-21-23-15-20(24-21)17-10-9-16-11-12-22-14-18(16)13-17/h9-15H,2-8H2,1H3,(H,23,24). The third-order valence-electron chi connectivity index (χ3n) is 4.59. The van der Waals surface area contributed by atoms with Crippen LogP contribution >= 0.6 is 0 Å². The highest BCUT2D eigenvalue weighted by Gasteiger charge is 2.05. The van der Waals surface area contributed by atoms with E-state index in [9.17, 15) is 4.79 Å². The summed E-state index contributed by atoms with van der Waals surface area (Å²) in [6.07, 6.45) is 12.4. The number of unbranched alkanes of at least 4 members (excludes halogenated alkanes) is 3. The molecule has 0 unspecified atom stereocenters. The van der Waals surface area contributed by atoms with E-state index in [0.29, 0.717) is 12.2 Å². The zero-order valence-electron chi connectivity index (χ0n) is 14.8. The van der Waals surface area contributed by atoms with Crippen molar-refractivity contribution >= 4 is 16.6 Å². The van der Waals surface area contributed by atoms with Crippen molar-refractivity contribution in [3.8, 4) is 11.3 Å². The Morgan fingerprint density at radius 2 is 1.92 bits per heavy atom. The first kappa shape index (κ1) is 17.3. The summed E-state index contributed by atoms with van der Waals surface area (Å²) in [6, 6.07) is 8.39. The van der Waals surface area contributed by atoms with Gasteiger partial charge in [-0.05, 0) is 30.4 Å². The van der Waals surface area contributed by atoms with Gasteiger partial charge in [-0.25, -0.2) is 4.98 Å². The fourth-order valence-corrected chi connectivity index (χ4v) is 3.03. The molecule has 0 atom stereocenters. The number of benzene rings is 1. The molecule has 2 heterocycles. The van der Waals surface area contributed by atoms with Crippen LogP contribution in [0.1, 0.15) is 51.3 Å². The molecule has 0 saturated heterocycles. The second-order valence-electron chi connectivity index (χ2n) is 6.49. The number of hydrogen-bond acceptors (Lipinski definition) is 3. The Labute approximate surface area is 148 Å². The monoisotopic (exact) mass is 335 g/mol. The lowest BCUT2D eigenvalue weighted by atomic mass is 10.1. The number of pyridine rings is 1. The summed E-state index contributed by atoms with van der Waals surface area (Å²) in [6.45, 7) is 1.93. The van der Waals surface area contributed by atoms with Crippen LogP contribution < -0.4 is 0 Å². The van der Waals surface area contributed by atoms with Crippen LogP contribution in [-0.4, -0.2) is 20.7 Å². The van der Waals surface area contributed by atoms with Crippen LogP contribution in [0.25, 0.3) is 22.0 Å². The number of fused-ring (bicyclic) bond motifs is 1. The van der Waals surface area contributed by atoms with Gasteiger partial charge in [-0.2, -0.15) is 0 Å². The van der Waals surface area contributed by atoms with E-state index in [1.165, 1.54) is 5.39 Å². The van der Waals surface area contributed by atoms with Crippen molar-refractivity contribution in [2.75, 3.05) is 0 Å². The Bertz CT molecular complexity index is 838. The van der Waals surface area contributed by atoms with Gasteiger partial charge in [0.15, 0.2) is 0 Å². The molecule has 2 aromatic heterocycles. The minimum atomic E-state index is 0.376. The highest BCUT2D eigenvalue weighted by atomic mass is 16.1. The maximum Gasteiger partial charge on any atom is 0.132 e. The number of nitrogens with one attached hydrogen (secondary N) is 1. The van der Waals surface area contributed by atoms with Crippen molar-refractivity contribution in [2.45, 2.75) is 51.9 Å². The number of imidazole rings is 1. The zero-order valence-corrected chi connectivity index (χ0v) is 14.8. The highest BCUT2D eigenvalue weighted by molar-refractivity contribution is 5.85. The van der Waals surface area contributed by atoms with Gasteiger partial charge in [0.1, 0.15) is 11.6 Å². The van der Waals surface area contributed by atoms with E-state index in [2.05, 4.69) is 33.2 Å². The van der Waals surface area contributed by atoms with Crippen LogP contribution in [-0.2, 0) is 11.2 Å². The van der Waals surface area contributed by atoms with E-state index in [0.717, 1.165) is 61.0 Å². The summed E-state index contributed by atoms with van der Waals surface area (Å²) in [5.41, 5.74) is 2.19. The molecule has 0 radical (unpaired) electrons. The lowest BCUT2D eigenvalue weighted by molar-refractivity contribution is -0.118. The Morgan fingerprint density at radius 3 is 2.80 bits per heavy atom. The van der Waals surface area contributed by atoms with Crippen LogP contribution in [0.5, 0.6) is 0 Å². The van der Waals surface area contributed by atoms with Crippen molar-refractivity contribution in [2.24, 2.45) is 0 Å². The van der Waals surface area contributed by atoms with Crippen molar-refractivity contribution < 1.29 is 4.79 Å². The number of aromatic amines is 1. The van der Waals surface area contributed by atoms with Gasteiger partial charge in [0.05, 0.1) is 11.9 Å². The first-order valence-electron chi connectivity index (χ1n) is 9.16. The molecule has 0 amide bonds. The van der Waals surface area contributed by atoms with E-state index in [4.69, 9.17) is 0 Å². The predicted molar refractivity (Wildman–Crippen MR) is 101 cm³/mol. The number of carbonyl (C=O) groups is 1.